The van der Waals surface area contributed by atoms with Crippen molar-refractivity contribution in [3.05, 3.63) is 71.2 Å². The Hall–Kier alpha value is -3.98. The van der Waals surface area contributed by atoms with E-state index in [0.29, 0.717) is 35.2 Å². The number of hydrogen-bond acceptors (Lipinski definition) is 6. The molecule has 2 aromatic carbocycles. The number of nitrogens with zero attached hydrogens (tertiary/aromatic N) is 2. The van der Waals surface area contributed by atoms with Crippen LogP contribution in [0.4, 0.5) is 5.69 Å². The number of aromatic nitrogens is 1. The predicted molar refractivity (Wildman–Crippen MR) is 139 cm³/mol. The fourth-order valence-electron chi connectivity index (χ4n) is 4.78. The molecule has 36 heavy (non-hydrogen) atoms. The zero-order chi connectivity index (χ0) is 25.4. The van der Waals surface area contributed by atoms with Gasteiger partial charge in [-0.25, -0.2) is 0 Å². The van der Waals surface area contributed by atoms with Crippen LogP contribution in [0.2, 0.25) is 0 Å². The Balaban J connectivity index is 1.58. The van der Waals surface area contributed by atoms with Crippen molar-refractivity contribution in [2.24, 2.45) is 0 Å². The molecule has 0 spiro atoms. The van der Waals surface area contributed by atoms with Crippen LogP contribution in [-0.4, -0.2) is 43.2 Å². The molecule has 1 atom stereocenters. The topological polar surface area (TPSA) is 82.0 Å². The van der Waals surface area contributed by atoms with Crippen LogP contribution >= 0.6 is 11.3 Å². The molecule has 0 radical (unpaired) electrons. The number of hydrogen-bond donors (Lipinski definition) is 1. The predicted octanol–water partition coefficient (Wildman–Crippen LogP) is 4.46. The summed E-state index contributed by atoms with van der Waals surface area (Å²) in [6, 6.07) is 16.6. The van der Waals surface area contributed by atoms with Gasteiger partial charge in [0, 0.05) is 29.2 Å². The van der Waals surface area contributed by atoms with Crippen molar-refractivity contribution in [1.29, 1.82) is 0 Å². The number of benzene rings is 2. The Morgan fingerprint density at radius 1 is 1.00 bits per heavy atom. The number of anilines is 1. The summed E-state index contributed by atoms with van der Waals surface area (Å²) >= 11 is 1.55. The van der Waals surface area contributed by atoms with Gasteiger partial charge >= 0.3 is 0 Å². The number of carbonyl (C=O) groups is 2. The summed E-state index contributed by atoms with van der Waals surface area (Å²) in [5.41, 5.74) is 0.714. The fraction of sp³-hybridized carbons (Fsp3) is 0.259. The molecule has 5 rings (SSSR count). The van der Waals surface area contributed by atoms with Gasteiger partial charge in [0.25, 0.3) is 5.91 Å². The average molecular weight is 506 g/mol. The molecule has 0 fully saturated rings. The first-order valence-electron chi connectivity index (χ1n) is 11.4. The number of fused-ring (bicyclic) bond motifs is 3. The number of carbonyl (C=O) groups excluding carboxylic acids is 2. The lowest BCUT2D eigenvalue weighted by Crippen LogP contribution is -2.64. The summed E-state index contributed by atoms with van der Waals surface area (Å²) in [4.78, 5) is 30.4. The Morgan fingerprint density at radius 3 is 2.50 bits per heavy atom. The molecule has 1 N–H and O–H groups in total. The summed E-state index contributed by atoms with van der Waals surface area (Å²) in [7, 11) is 4.69. The summed E-state index contributed by atoms with van der Waals surface area (Å²) < 4.78 is 18.2. The quantitative estimate of drug-likeness (QED) is 0.401. The van der Waals surface area contributed by atoms with Gasteiger partial charge in [-0.15, -0.1) is 11.3 Å². The van der Waals surface area contributed by atoms with E-state index in [1.54, 1.807) is 55.6 Å². The van der Waals surface area contributed by atoms with E-state index in [1.165, 1.54) is 7.11 Å². The number of amides is 2. The van der Waals surface area contributed by atoms with Crippen molar-refractivity contribution in [2.75, 3.05) is 26.2 Å². The monoisotopic (exact) mass is 505 g/mol. The molecule has 4 aromatic rings. The summed E-state index contributed by atoms with van der Waals surface area (Å²) in [5.74, 6) is 1.17. The Bertz CT molecular complexity index is 1460. The highest BCUT2D eigenvalue weighted by molar-refractivity contribution is 7.16. The minimum Gasteiger partial charge on any atom is -0.496 e. The van der Waals surface area contributed by atoms with E-state index in [2.05, 4.69) is 5.32 Å². The van der Waals surface area contributed by atoms with E-state index in [-0.39, 0.29) is 18.4 Å². The molecule has 0 saturated carbocycles. The lowest BCUT2D eigenvalue weighted by atomic mass is 9.93. The van der Waals surface area contributed by atoms with Gasteiger partial charge in [-0.1, -0.05) is 18.2 Å². The second kappa shape index (κ2) is 9.23. The van der Waals surface area contributed by atoms with Gasteiger partial charge in [-0.2, -0.15) is 0 Å². The fourth-order valence-corrected chi connectivity index (χ4v) is 5.68. The summed E-state index contributed by atoms with van der Waals surface area (Å²) in [6.45, 7) is 2.35. The van der Waals surface area contributed by atoms with Crippen molar-refractivity contribution >= 4 is 39.1 Å². The van der Waals surface area contributed by atoms with Crippen molar-refractivity contribution < 1.29 is 23.8 Å². The second-order valence-corrected chi connectivity index (χ2v) is 9.64. The van der Waals surface area contributed by atoms with Crippen molar-refractivity contribution in [1.82, 2.24) is 9.88 Å². The molecule has 8 nitrogen and oxygen atoms in total. The van der Waals surface area contributed by atoms with Gasteiger partial charge in [0.2, 0.25) is 5.91 Å². The third-order valence-electron chi connectivity index (χ3n) is 6.63. The van der Waals surface area contributed by atoms with Gasteiger partial charge in [0.1, 0.15) is 21.8 Å². The van der Waals surface area contributed by atoms with Crippen LogP contribution in [0.3, 0.4) is 0 Å². The number of methoxy groups -OCH3 is 3. The SMILES string of the molecule is COc1ccccc1CNC(=O)[C@]1(C)Cn2c(cc3ccsc32)C(=O)N1c1ccc(OC)c(OC)c1. The smallest absolute Gasteiger partial charge is 0.275 e. The maximum absolute atomic E-state index is 14.0. The van der Waals surface area contributed by atoms with E-state index in [1.807, 2.05) is 46.3 Å². The van der Waals surface area contributed by atoms with E-state index in [0.717, 1.165) is 15.8 Å². The molecule has 9 heteroatoms. The number of para-hydroxylation sites is 1. The van der Waals surface area contributed by atoms with Crippen LogP contribution in [-0.2, 0) is 17.9 Å². The highest BCUT2D eigenvalue weighted by Crippen LogP contribution is 2.40. The minimum atomic E-state index is -1.22. The van der Waals surface area contributed by atoms with E-state index < -0.39 is 5.54 Å². The van der Waals surface area contributed by atoms with Crippen LogP contribution in [0.1, 0.15) is 23.0 Å². The maximum atomic E-state index is 14.0. The van der Waals surface area contributed by atoms with Crippen LogP contribution < -0.4 is 24.4 Å². The first-order chi connectivity index (χ1) is 17.4. The normalized spacial score (nSPS) is 17.1. The largest absolute Gasteiger partial charge is 0.496 e. The molecule has 0 aliphatic carbocycles. The van der Waals surface area contributed by atoms with Crippen LogP contribution in [0.25, 0.3) is 10.2 Å². The molecular weight excluding hydrogens is 478 g/mol. The summed E-state index contributed by atoms with van der Waals surface area (Å²) in [6.07, 6.45) is 0. The first-order valence-corrected chi connectivity index (χ1v) is 12.3. The van der Waals surface area contributed by atoms with Gasteiger partial charge in [0.05, 0.1) is 27.9 Å². The van der Waals surface area contributed by atoms with Gasteiger partial charge < -0.3 is 24.1 Å². The van der Waals surface area contributed by atoms with E-state index in [9.17, 15) is 9.59 Å². The molecule has 1 aliphatic heterocycles. The van der Waals surface area contributed by atoms with Crippen LogP contribution in [0.15, 0.2) is 60.0 Å². The number of rotatable bonds is 7. The molecule has 2 aromatic heterocycles. The van der Waals surface area contributed by atoms with Gasteiger partial charge in [-0.3, -0.25) is 14.5 Å². The molecule has 0 unspecified atom stereocenters. The van der Waals surface area contributed by atoms with Crippen molar-refractivity contribution in [3.8, 4) is 17.2 Å². The maximum Gasteiger partial charge on any atom is 0.275 e. The lowest BCUT2D eigenvalue weighted by molar-refractivity contribution is -0.126. The molecule has 2 amide bonds. The third kappa shape index (κ3) is 3.76. The van der Waals surface area contributed by atoms with Crippen LogP contribution in [0, 0.1) is 0 Å². The van der Waals surface area contributed by atoms with E-state index in [4.69, 9.17) is 14.2 Å². The van der Waals surface area contributed by atoms with Crippen molar-refractivity contribution in [2.45, 2.75) is 25.6 Å². The lowest BCUT2D eigenvalue weighted by Gasteiger charge is -2.44. The standard InChI is InChI=1S/C27H27N3O5S/c1-27(26(32)28-15-18-7-5-6-8-21(18)33-2)16-29-20(13-17-11-12-36-25(17)29)24(31)30(27)19-9-10-22(34-3)23(14-19)35-4/h5-14H,15-16H2,1-4H3,(H,28,32)/t27-/m0/s1. The Labute approximate surface area is 213 Å². The minimum absolute atomic E-state index is 0.258. The van der Waals surface area contributed by atoms with Crippen LogP contribution in [0.5, 0.6) is 17.2 Å². The zero-order valence-electron chi connectivity index (χ0n) is 20.5. The second-order valence-electron chi connectivity index (χ2n) is 8.75. The van der Waals surface area contributed by atoms with Gasteiger partial charge in [-0.05, 0) is 42.6 Å². The number of thiophene rings is 1. The Kier molecular flexibility index (Phi) is 6.09. The summed E-state index contributed by atoms with van der Waals surface area (Å²) in [5, 5.41) is 6.01. The number of ether oxygens (including phenoxy) is 3. The molecule has 0 saturated heterocycles. The Morgan fingerprint density at radius 2 is 1.75 bits per heavy atom. The van der Waals surface area contributed by atoms with E-state index >= 15 is 0 Å². The number of nitrogens with one attached hydrogen (secondary N) is 1. The zero-order valence-corrected chi connectivity index (χ0v) is 21.3. The highest BCUT2D eigenvalue weighted by atomic mass is 32.1. The highest BCUT2D eigenvalue weighted by Gasteiger charge is 2.49. The molecule has 186 valence electrons. The average Bonchev–Trinajstić information content (AvgIpc) is 3.49. The molecule has 0 bridgehead atoms. The van der Waals surface area contributed by atoms with Gasteiger partial charge in [0.15, 0.2) is 11.5 Å². The first kappa shape index (κ1) is 23.7. The molecular formula is C27H27N3O5S. The third-order valence-corrected chi connectivity index (χ3v) is 7.58. The molecule has 3 heterocycles. The van der Waals surface area contributed by atoms with Crippen molar-refractivity contribution in [3.63, 3.8) is 0 Å². The molecule has 1 aliphatic rings.